The van der Waals surface area contributed by atoms with E-state index in [0.29, 0.717) is 21.4 Å². The van der Waals surface area contributed by atoms with Crippen LogP contribution in [0.5, 0.6) is 17.2 Å². The fourth-order valence-electron chi connectivity index (χ4n) is 3.52. The van der Waals surface area contributed by atoms with E-state index in [-0.39, 0.29) is 34.6 Å². The Kier molecular flexibility index (Phi) is 6.87. The Morgan fingerprint density at radius 2 is 1.66 bits per heavy atom. The van der Waals surface area contributed by atoms with Crippen molar-refractivity contribution in [3.8, 4) is 28.4 Å². The third-order valence-electron chi connectivity index (χ3n) is 5.20. The summed E-state index contributed by atoms with van der Waals surface area (Å²) >= 11 is 12.0. The van der Waals surface area contributed by atoms with Crippen LogP contribution in [0.2, 0.25) is 10.0 Å². The van der Waals surface area contributed by atoms with Crippen LogP contribution in [0.4, 0.5) is 13.2 Å². The monoisotopic (exact) mass is 524 g/mol. The predicted molar refractivity (Wildman–Crippen MR) is 127 cm³/mol. The van der Waals surface area contributed by atoms with E-state index in [9.17, 15) is 18.0 Å². The molecule has 1 aromatic heterocycles. The summed E-state index contributed by atoms with van der Waals surface area (Å²) in [6.45, 7) is 0.0294. The van der Waals surface area contributed by atoms with Crippen molar-refractivity contribution in [1.82, 2.24) is 0 Å². The molecule has 1 heterocycles. The first kappa shape index (κ1) is 24.8. The third kappa shape index (κ3) is 5.04. The molecule has 10 heteroatoms. The van der Waals surface area contributed by atoms with Gasteiger partial charge in [-0.2, -0.15) is 13.2 Å². The highest BCUT2D eigenvalue weighted by Gasteiger charge is 2.39. The second kappa shape index (κ2) is 9.71. The van der Waals surface area contributed by atoms with Crippen LogP contribution in [0, 0.1) is 0 Å². The minimum Gasteiger partial charge on any atom is -0.493 e. The Morgan fingerprint density at radius 1 is 0.914 bits per heavy atom. The van der Waals surface area contributed by atoms with Crippen molar-refractivity contribution in [2.75, 3.05) is 14.2 Å². The van der Waals surface area contributed by atoms with Gasteiger partial charge in [-0.3, -0.25) is 4.79 Å². The smallest absolute Gasteiger partial charge is 0.450 e. The Hall–Kier alpha value is -3.36. The molecule has 0 spiro atoms. The molecule has 182 valence electrons. The first-order valence-electron chi connectivity index (χ1n) is 10.1. The van der Waals surface area contributed by atoms with E-state index >= 15 is 0 Å². The minimum atomic E-state index is -4.94. The van der Waals surface area contributed by atoms with Crippen molar-refractivity contribution < 1.29 is 31.8 Å². The van der Waals surface area contributed by atoms with E-state index < -0.39 is 22.9 Å². The van der Waals surface area contributed by atoms with Gasteiger partial charge in [0.05, 0.1) is 25.2 Å². The van der Waals surface area contributed by atoms with Gasteiger partial charge in [-0.25, -0.2) is 0 Å². The molecule has 0 fully saturated rings. The molecule has 4 rings (SSSR count). The highest BCUT2D eigenvalue weighted by molar-refractivity contribution is 6.35. The van der Waals surface area contributed by atoms with Gasteiger partial charge in [0.15, 0.2) is 11.5 Å². The molecular formula is C25H17Cl2F3O5. The average molecular weight is 525 g/mol. The van der Waals surface area contributed by atoms with E-state index in [4.69, 9.17) is 41.8 Å². The molecule has 0 N–H and O–H groups in total. The molecule has 5 nitrogen and oxygen atoms in total. The lowest BCUT2D eigenvalue weighted by molar-refractivity contribution is -0.152. The lowest BCUT2D eigenvalue weighted by atomic mass is 10.0. The van der Waals surface area contributed by atoms with Gasteiger partial charge >= 0.3 is 6.18 Å². The zero-order valence-electron chi connectivity index (χ0n) is 18.3. The molecule has 0 amide bonds. The van der Waals surface area contributed by atoms with Crippen molar-refractivity contribution in [3.05, 3.63) is 86.2 Å². The van der Waals surface area contributed by atoms with Gasteiger partial charge in [-0.1, -0.05) is 35.3 Å². The number of ether oxygens (including phenoxy) is 3. The summed E-state index contributed by atoms with van der Waals surface area (Å²) < 4.78 is 63.1. The number of alkyl halides is 3. The molecule has 0 aliphatic heterocycles. The quantitative estimate of drug-likeness (QED) is 0.263. The molecule has 0 radical (unpaired) electrons. The van der Waals surface area contributed by atoms with Crippen molar-refractivity contribution >= 4 is 34.2 Å². The number of benzene rings is 3. The summed E-state index contributed by atoms with van der Waals surface area (Å²) in [5.74, 6) is -0.765. The molecule has 0 atom stereocenters. The highest BCUT2D eigenvalue weighted by Crippen LogP contribution is 2.40. The van der Waals surface area contributed by atoms with Crippen molar-refractivity contribution in [1.29, 1.82) is 0 Å². The molecule has 3 aromatic carbocycles. The van der Waals surface area contributed by atoms with E-state index in [2.05, 4.69) is 0 Å². The summed E-state index contributed by atoms with van der Waals surface area (Å²) in [5.41, 5.74) is -1.15. The maximum Gasteiger partial charge on any atom is 0.450 e. The Labute approximate surface area is 207 Å². The van der Waals surface area contributed by atoms with Crippen molar-refractivity contribution in [3.63, 3.8) is 0 Å². The lowest BCUT2D eigenvalue weighted by Gasteiger charge is -2.15. The number of rotatable bonds is 6. The zero-order valence-corrected chi connectivity index (χ0v) is 19.8. The largest absolute Gasteiger partial charge is 0.493 e. The van der Waals surface area contributed by atoms with Crippen LogP contribution in [0.15, 0.2) is 63.8 Å². The van der Waals surface area contributed by atoms with E-state index in [1.165, 1.54) is 50.6 Å². The summed E-state index contributed by atoms with van der Waals surface area (Å²) in [6.07, 6.45) is -4.94. The van der Waals surface area contributed by atoms with Gasteiger partial charge in [0.1, 0.15) is 17.9 Å². The molecule has 0 aliphatic rings. The SMILES string of the molecule is COc1ccc(-c2c(C(F)(F)F)oc3cc(OCc4ccc(Cl)cc4Cl)ccc3c2=O)cc1OC. The van der Waals surface area contributed by atoms with Crippen LogP contribution in [0.1, 0.15) is 11.3 Å². The first-order valence-corrected chi connectivity index (χ1v) is 10.8. The fourth-order valence-corrected chi connectivity index (χ4v) is 3.98. The normalized spacial score (nSPS) is 11.5. The predicted octanol–water partition coefficient (Wildman–Crippen LogP) is 7.38. The van der Waals surface area contributed by atoms with Crippen molar-refractivity contribution in [2.24, 2.45) is 0 Å². The average Bonchev–Trinajstić information content (AvgIpc) is 2.82. The van der Waals surface area contributed by atoms with Gasteiger partial charge < -0.3 is 18.6 Å². The Bertz CT molecular complexity index is 1460. The maximum absolute atomic E-state index is 14.0. The summed E-state index contributed by atoms with van der Waals surface area (Å²) in [5, 5.41) is 0.791. The topological polar surface area (TPSA) is 57.9 Å². The van der Waals surface area contributed by atoms with E-state index in [0.717, 1.165) is 0 Å². The summed E-state index contributed by atoms with van der Waals surface area (Å²) in [7, 11) is 2.73. The number of halogens is 5. The van der Waals surface area contributed by atoms with Crippen LogP contribution in [0.25, 0.3) is 22.1 Å². The van der Waals surface area contributed by atoms with Crippen LogP contribution in [-0.4, -0.2) is 14.2 Å². The molecular weight excluding hydrogens is 508 g/mol. The highest BCUT2D eigenvalue weighted by atomic mass is 35.5. The number of hydrogen-bond donors (Lipinski definition) is 0. The minimum absolute atomic E-state index is 0.0247. The van der Waals surface area contributed by atoms with Gasteiger partial charge in [0.2, 0.25) is 11.2 Å². The van der Waals surface area contributed by atoms with Crippen LogP contribution < -0.4 is 19.6 Å². The van der Waals surface area contributed by atoms with Gasteiger partial charge in [0.25, 0.3) is 0 Å². The Balaban J connectivity index is 1.80. The molecule has 0 saturated carbocycles. The Morgan fingerprint density at radius 3 is 2.31 bits per heavy atom. The van der Waals surface area contributed by atoms with E-state index in [1.807, 2.05) is 0 Å². The second-order valence-electron chi connectivity index (χ2n) is 7.39. The van der Waals surface area contributed by atoms with Crippen molar-refractivity contribution in [2.45, 2.75) is 12.8 Å². The lowest BCUT2D eigenvalue weighted by Crippen LogP contribution is -2.16. The van der Waals surface area contributed by atoms with Crippen LogP contribution >= 0.6 is 23.2 Å². The zero-order chi connectivity index (χ0) is 25.3. The number of hydrogen-bond acceptors (Lipinski definition) is 5. The fraction of sp³-hybridized carbons (Fsp3) is 0.160. The van der Waals surface area contributed by atoms with Gasteiger partial charge in [0, 0.05) is 21.7 Å². The van der Waals surface area contributed by atoms with Gasteiger partial charge in [-0.15, -0.1) is 0 Å². The summed E-state index contributed by atoms with van der Waals surface area (Å²) in [6, 6.07) is 12.9. The standard InChI is InChI=1S/C25H17Cl2F3O5/c1-32-19-8-4-13(9-21(19)33-2)22-23(31)17-7-6-16(11-20(17)35-24(22)25(28,29)30)34-12-14-3-5-15(26)10-18(14)27/h3-11H,12H2,1-2H3. The maximum atomic E-state index is 14.0. The number of fused-ring (bicyclic) bond motifs is 1. The number of methoxy groups -OCH3 is 2. The molecule has 0 saturated heterocycles. The van der Waals surface area contributed by atoms with Crippen LogP contribution in [-0.2, 0) is 12.8 Å². The van der Waals surface area contributed by atoms with E-state index in [1.54, 1.807) is 18.2 Å². The van der Waals surface area contributed by atoms with Gasteiger partial charge in [-0.05, 0) is 42.0 Å². The molecule has 0 unspecified atom stereocenters. The summed E-state index contributed by atoms with van der Waals surface area (Å²) in [4.78, 5) is 13.2. The van der Waals surface area contributed by atoms with Crippen LogP contribution in [0.3, 0.4) is 0 Å². The molecule has 0 aliphatic carbocycles. The first-order chi connectivity index (χ1) is 16.6. The third-order valence-corrected chi connectivity index (χ3v) is 5.79. The second-order valence-corrected chi connectivity index (χ2v) is 8.23. The molecule has 35 heavy (non-hydrogen) atoms. The molecule has 0 bridgehead atoms. The molecule has 4 aromatic rings.